The highest BCUT2D eigenvalue weighted by atomic mass is 19.4. The number of aryl methyl sites for hydroxylation is 1. The SMILES string of the molecule is Cc1ccc(C(C)(O)CNc2ccc(C(F)(F)F)cc2[N+](=O)[O-])o1. The molecule has 0 spiro atoms. The van der Waals surface area contributed by atoms with Crippen molar-refractivity contribution in [1.82, 2.24) is 0 Å². The molecule has 1 unspecified atom stereocenters. The van der Waals surface area contributed by atoms with Crippen molar-refractivity contribution >= 4 is 11.4 Å². The highest BCUT2D eigenvalue weighted by Crippen LogP contribution is 2.35. The summed E-state index contributed by atoms with van der Waals surface area (Å²) in [4.78, 5) is 10.1. The van der Waals surface area contributed by atoms with Gasteiger partial charge in [0, 0.05) is 6.07 Å². The molecule has 0 aliphatic rings. The van der Waals surface area contributed by atoms with E-state index in [4.69, 9.17) is 4.42 Å². The van der Waals surface area contributed by atoms with E-state index in [1.807, 2.05) is 0 Å². The number of hydrogen-bond acceptors (Lipinski definition) is 5. The Hall–Kier alpha value is -2.55. The molecule has 9 heteroatoms. The van der Waals surface area contributed by atoms with Crippen LogP contribution in [0.3, 0.4) is 0 Å². The van der Waals surface area contributed by atoms with Gasteiger partial charge in [-0.3, -0.25) is 10.1 Å². The zero-order valence-electron chi connectivity index (χ0n) is 12.8. The van der Waals surface area contributed by atoms with Gasteiger partial charge in [0.2, 0.25) is 0 Å². The predicted molar refractivity (Wildman–Crippen MR) is 79.6 cm³/mol. The van der Waals surface area contributed by atoms with Crippen molar-refractivity contribution in [2.75, 3.05) is 11.9 Å². The molecule has 1 atom stereocenters. The van der Waals surface area contributed by atoms with Crippen LogP contribution in [0.1, 0.15) is 24.0 Å². The molecule has 0 aliphatic heterocycles. The average Bonchev–Trinajstić information content (AvgIpc) is 2.91. The summed E-state index contributed by atoms with van der Waals surface area (Å²) in [7, 11) is 0. The topological polar surface area (TPSA) is 88.5 Å². The fraction of sp³-hybridized carbons (Fsp3) is 0.333. The van der Waals surface area contributed by atoms with E-state index in [9.17, 15) is 28.4 Å². The third kappa shape index (κ3) is 3.85. The molecular weight excluding hydrogens is 329 g/mol. The van der Waals surface area contributed by atoms with Gasteiger partial charge < -0.3 is 14.8 Å². The van der Waals surface area contributed by atoms with Crippen LogP contribution in [0.25, 0.3) is 0 Å². The van der Waals surface area contributed by atoms with Crippen molar-refractivity contribution < 1.29 is 27.6 Å². The number of aliphatic hydroxyl groups is 1. The Bertz CT molecular complexity index is 753. The van der Waals surface area contributed by atoms with Crippen LogP contribution in [-0.4, -0.2) is 16.6 Å². The lowest BCUT2D eigenvalue weighted by Gasteiger charge is -2.22. The molecule has 0 saturated heterocycles. The van der Waals surface area contributed by atoms with Crippen molar-refractivity contribution in [3.05, 3.63) is 57.5 Å². The molecular formula is C15H15F3N2O4. The first-order chi connectivity index (χ1) is 11.0. The summed E-state index contributed by atoms with van der Waals surface area (Å²) in [5, 5.41) is 24.0. The minimum absolute atomic E-state index is 0.128. The Kier molecular flexibility index (Phi) is 4.57. The maximum Gasteiger partial charge on any atom is 0.416 e. The summed E-state index contributed by atoms with van der Waals surface area (Å²) in [6.07, 6.45) is -4.68. The Morgan fingerprint density at radius 2 is 1.96 bits per heavy atom. The van der Waals surface area contributed by atoms with Gasteiger partial charge in [0.15, 0.2) is 0 Å². The largest absolute Gasteiger partial charge is 0.463 e. The number of halogens is 3. The van der Waals surface area contributed by atoms with Crippen LogP contribution in [0, 0.1) is 17.0 Å². The number of hydrogen-bond donors (Lipinski definition) is 2. The van der Waals surface area contributed by atoms with Crippen molar-refractivity contribution in [1.29, 1.82) is 0 Å². The van der Waals surface area contributed by atoms with Crippen LogP contribution in [0.2, 0.25) is 0 Å². The summed E-state index contributed by atoms with van der Waals surface area (Å²) in [6, 6.07) is 5.35. The minimum atomic E-state index is -4.68. The number of anilines is 1. The number of benzene rings is 1. The molecule has 130 valence electrons. The smallest absolute Gasteiger partial charge is 0.416 e. The van der Waals surface area contributed by atoms with E-state index in [-0.39, 0.29) is 18.0 Å². The molecule has 0 bridgehead atoms. The molecule has 2 aromatic rings. The summed E-state index contributed by atoms with van der Waals surface area (Å²) < 4.78 is 43.3. The maximum atomic E-state index is 12.7. The third-order valence-electron chi connectivity index (χ3n) is 3.42. The van der Waals surface area contributed by atoms with E-state index in [2.05, 4.69) is 5.32 Å². The molecule has 6 nitrogen and oxygen atoms in total. The molecule has 1 heterocycles. The molecule has 1 aromatic carbocycles. The lowest BCUT2D eigenvalue weighted by atomic mass is 10.0. The lowest BCUT2D eigenvalue weighted by molar-refractivity contribution is -0.384. The van der Waals surface area contributed by atoms with Gasteiger partial charge in [-0.25, -0.2) is 0 Å². The van der Waals surface area contributed by atoms with E-state index in [1.54, 1.807) is 19.1 Å². The molecule has 1 aromatic heterocycles. The van der Waals surface area contributed by atoms with Gasteiger partial charge in [-0.05, 0) is 38.1 Å². The maximum absolute atomic E-state index is 12.7. The number of nitro benzene ring substituents is 1. The molecule has 0 aliphatic carbocycles. The number of nitro groups is 1. The minimum Gasteiger partial charge on any atom is -0.463 e. The fourth-order valence-electron chi connectivity index (χ4n) is 2.09. The van der Waals surface area contributed by atoms with Crippen LogP contribution in [0.5, 0.6) is 0 Å². The highest BCUT2D eigenvalue weighted by Gasteiger charge is 2.33. The van der Waals surface area contributed by atoms with Crippen molar-refractivity contribution in [3.8, 4) is 0 Å². The quantitative estimate of drug-likeness (QED) is 0.635. The monoisotopic (exact) mass is 344 g/mol. The highest BCUT2D eigenvalue weighted by molar-refractivity contribution is 5.63. The van der Waals surface area contributed by atoms with Crippen LogP contribution in [0.15, 0.2) is 34.7 Å². The zero-order chi connectivity index (χ0) is 18.1. The van der Waals surface area contributed by atoms with Crippen LogP contribution in [-0.2, 0) is 11.8 Å². The van der Waals surface area contributed by atoms with Gasteiger partial charge in [0.05, 0.1) is 17.0 Å². The Morgan fingerprint density at radius 1 is 1.29 bits per heavy atom. The van der Waals surface area contributed by atoms with E-state index in [0.29, 0.717) is 11.8 Å². The first-order valence-electron chi connectivity index (χ1n) is 6.89. The third-order valence-corrected chi connectivity index (χ3v) is 3.42. The number of alkyl halides is 3. The Morgan fingerprint density at radius 3 is 2.46 bits per heavy atom. The van der Waals surface area contributed by atoms with Gasteiger partial charge in [0.25, 0.3) is 5.69 Å². The van der Waals surface area contributed by atoms with Gasteiger partial charge in [-0.2, -0.15) is 13.2 Å². The molecule has 0 amide bonds. The van der Waals surface area contributed by atoms with E-state index >= 15 is 0 Å². The Balaban J connectivity index is 2.25. The van der Waals surface area contributed by atoms with Crippen molar-refractivity contribution in [2.45, 2.75) is 25.6 Å². The predicted octanol–water partition coefficient (Wildman–Crippen LogP) is 3.83. The molecule has 24 heavy (non-hydrogen) atoms. The lowest BCUT2D eigenvalue weighted by Crippen LogP contribution is -2.30. The number of nitrogens with zero attached hydrogens (tertiary/aromatic N) is 1. The van der Waals surface area contributed by atoms with Gasteiger partial charge >= 0.3 is 6.18 Å². The second-order valence-electron chi connectivity index (χ2n) is 5.52. The molecule has 0 saturated carbocycles. The molecule has 2 N–H and O–H groups in total. The summed E-state index contributed by atoms with van der Waals surface area (Å²) in [5.41, 5.74) is -3.47. The average molecular weight is 344 g/mol. The van der Waals surface area contributed by atoms with Crippen LogP contribution < -0.4 is 5.32 Å². The second-order valence-corrected chi connectivity index (χ2v) is 5.52. The van der Waals surface area contributed by atoms with Crippen LogP contribution >= 0.6 is 0 Å². The zero-order valence-corrected chi connectivity index (χ0v) is 12.8. The summed E-state index contributed by atoms with van der Waals surface area (Å²) >= 11 is 0. The van der Waals surface area contributed by atoms with E-state index in [0.717, 1.165) is 12.1 Å². The molecule has 2 rings (SSSR count). The van der Waals surface area contributed by atoms with Crippen molar-refractivity contribution in [2.24, 2.45) is 0 Å². The second kappa shape index (κ2) is 6.16. The summed E-state index contributed by atoms with van der Waals surface area (Å²) in [5.74, 6) is 0.813. The van der Waals surface area contributed by atoms with Crippen molar-refractivity contribution in [3.63, 3.8) is 0 Å². The van der Waals surface area contributed by atoms with Gasteiger partial charge in [-0.1, -0.05) is 0 Å². The molecule has 0 fully saturated rings. The number of furan rings is 1. The first-order valence-corrected chi connectivity index (χ1v) is 6.89. The van der Waals surface area contributed by atoms with Gasteiger partial charge in [0.1, 0.15) is 22.8 Å². The van der Waals surface area contributed by atoms with E-state index in [1.165, 1.54) is 6.92 Å². The summed E-state index contributed by atoms with van der Waals surface area (Å²) in [6.45, 7) is 2.92. The first kappa shape index (κ1) is 17.8. The molecule has 0 radical (unpaired) electrons. The fourth-order valence-corrected chi connectivity index (χ4v) is 2.09. The van der Waals surface area contributed by atoms with Crippen LogP contribution in [0.4, 0.5) is 24.5 Å². The normalized spacial score (nSPS) is 14.2. The van der Waals surface area contributed by atoms with Gasteiger partial charge in [-0.15, -0.1) is 0 Å². The Labute approximate surface area is 135 Å². The van der Waals surface area contributed by atoms with E-state index < -0.39 is 28.0 Å². The number of rotatable bonds is 5. The number of nitrogens with one attached hydrogen (secondary N) is 1. The standard InChI is InChI=1S/C15H15F3N2O4/c1-9-3-6-13(24-9)14(2,21)8-19-11-5-4-10(15(16,17)18)7-12(11)20(22)23/h3-7,19,21H,8H2,1-2H3.